The van der Waals surface area contributed by atoms with Crippen LogP contribution in [0.4, 0.5) is 16.2 Å². The number of ether oxygens (including phenoxy) is 1. The first kappa shape index (κ1) is 16.4. The monoisotopic (exact) mass is 343 g/mol. The van der Waals surface area contributed by atoms with Crippen LogP contribution in [0.3, 0.4) is 0 Å². The Balaban J connectivity index is 1.44. The largest absolute Gasteiger partial charge is 0.381 e. The van der Waals surface area contributed by atoms with E-state index in [-0.39, 0.29) is 11.9 Å². The summed E-state index contributed by atoms with van der Waals surface area (Å²) >= 11 is 0. The zero-order chi connectivity index (χ0) is 17.4. The second kappa shape index (κ2) is 6.67. The summed E-state index contributed by atoms with van der Waals surface area (Å²) in [5.41, 5.74) is 2.89. The number of anilines is 2. The predicted molar refractivity (Wildman–Crippen MR) is 95.8 cm³/mol. The van der Waals surface area contributed by atoms with Gasteiger partial charge in [-0.25, -0.2) is 4.79 Å². The number of fused-ring (bicyclic) bond motifs is 1. The summed E-state index contributed by atoms with van der Waals surface area (Å²) in [6, 6.07) is 6.19. The van der Waals surface area contributed by atoms with Gasteiger partial charge in [0.25, 0.3) is 0 Å². The summed E-state index contributed by atoms with van der Waals surface area (Å²) in [6.07, 6.45) is 4.07. The van der Waals surface area contributed by atoms with Crippen molar-refractivity contribution in [2.24, 2.45) is 5.92 Å². The Hall–Kier alpha value is -2.08. The van der Waals surface area contributed by atoms with Crippen molar-refractivity contribution in [3.05, 3.63) is 23.8 Å². The molecular formula is C19H25N3O3. The molecule has 1 aromatic rings. The van der Waals surface area contributed by atoms with Crippen LogP contribution < -0.4 is 10.2 Å². The number of carbonyl (C=O) groups excluding carboxylic acids is 2. The maximum atomic E-state index is 12.8. The highest BCUT2D eigenvalue weighted by atomic mass is 16.5. The minimum atomic E-state index is -0.0178. The van der Waals surface area contributed by atoms with Gasteiger partial charge in [-0.3, -0.25) is 4.79 Å². The molecular weight excluding hydrogens is 318 g/mol. The molecule has 1 aliphatic carbocycles. The van der Waals surface area contributed by atoms with Gasteiger partial charge in [-0.15, -0.1) is 0 Å². The molecule has 0 aromatic heterocycles. The second-order valence-corrected chi connectivity index (χ2v) is 7.31. The Morgan fingerprint density at radius 3 is 2.84 bits per heavy atom. The molecule has 3 amide bonds. The molecule has 1 saturated heterocycles. The average Bonchev–Trinajstić information content (AvgIpc) is 3.12. The van der Waals surface area contributed by atoms with E-state index in [4.69, 9.17) is 4.74 Å². The predicted octanol–water partition coefficient (Wildman–Crippen LogP) is 2.63. The number of hydrogen-bond acceptors (Lipinski definition) is 3. The van der Waals surface area contributed by atoms with E-state index in [9.17, 15) is 9.59 Å². The summed E-state index contributed by atoms with van der Waals surface area (Å²) in [5, 5.41) is 3.05. The summed E-state index contributed by atoms with van der Waals surface area (Å²) in [6.45, 7) is 4.65. The van der Waals surface area contributed by atoms with Crippen molar-refractivity contribution < 1.29 is 14.3 Å². The first-order valence-corrected chi connectivity index (χ1v) is 9.18. The summed E-state index contributed by atoms with van der Waals surface area (Å²) < 4.78 is 5.45. The molecule has 2 aliphatic heterocycles. The Morgan fingerprint density at radius 1 is 1.32 bits per heavy atom. The van der Waals surface area contributed by atoms with Crippen molar-refractivity contribution in [3.63, 3.8) is 0 Å². The minimum Gasteiger partial charge on any atom is -0.381 e. The van der Waals surface area contributed by atoms with Gasteiger partial charge in [0.1, 0.15) is 0 Å². The highest BCUT2D eigenvalue weighted by Gasteiger charge is 2.35. The van der Waals surface area contributed by atoms with Gasteiger partial charge in [-0.05, 0) is 49.4 Å². The minimum absolute atomic E-state index is 0.0178. The van der Waals surface area contributed by atoms with Crippen molar-refractivity contribution in [1.82, 2.24) is 4.90 Å². The highest BCUT2D eigenvalue weighted by Crippen LogP contribution is 2.32. The zero-order valence-corrected chi connectivity index (χ0v) is 14.7. The van der Waals surface area contributed by atoms with Gasteiger partial charge in [-0.1, -0.05) is 0 Å². The Labute approximate surface area is 148 Å². The number of hydrogen-bond donors (Lipinski definition) is 1. The fraction of sp³-hybridized carbons (Fsp3) is 0.579. The lowest BCUT2D eigenvalue weighted by atomic mass is 10.1. The Kier molecular flexibility index (Phi) is 4.37. The molecule has 1 unspecified atom stereocenters. The van der Waals surface area contributed by atoms with Crippen LogP contribution in [0.15, 0.2) is 18.2 Å². The standard InChI is InChI=1S/C19H25N3O3/c1-13(23)21-8-6-15-10-16(2-5-18(15)21)20-19(24)22(17-3-4-17)11-14-7-9-25-12-14/h2,5,10,14,17H,3-4,6-9,11-12H2,1H3,(H,20,24). The highest BCUT2D eigenvalue weighted by molar-refractivity contribution is 5.95. The number of rotatable bonds is 4. The summed E-state index contributed by atoms with van der Waals surface area (Å²) in [5.74, 6) is 0.518. The number of nitrogens with zero attached hydrogens (tertiary/aromatic N) is 2. The SMILES string of the molecule is CC(=O)N1CCc2cc(NC(=O)N(CC3CCOC3)C3CC3)ccc21. The van der Waals surface area contributed by atoms with Crippen LogP contribution in [-0.4, -0.2) is 49.2 Å². The first-order valence-electron chi connectivity index (χ1n) is 9.18. The van der Waals surface area contributed by atoms with Gasteiger partial charge < -0.3 is 19.9 Å². The van der Waals surface area contributed by atoms with Gasteiger partial charge in [0.15, 0.2) is 0 Å². The normalized spacial score (nSPS) is 22.0. The van der Waals surface area contributed by atoms with Gasteiger partial charge in [-0.2, -0.15) is 0 Å². The van der Waals surface area contributed by atoms with E-state index in [2.05, 4.69) is 5.32 Å². The molecule has 134 valence electrons. The number of urea groups is 1. The van der Waals surface area contributed by atoms with Crippen molar-refractivity contribution in [2.75, 3.05) is 36.5 Å². The van der Waals surface area contributed by atoms with Crippen LogP contribution in [0, 0.1) is 5.92 Å². The third-order valence-electron chi connectivity index (χ3n) is 5.33. The molecule has 1 saturated carbocycles. The van der Waals surface area contributed by atoms with Gasteiger partial charge in [0.2, 0.25) is 5.91 Å². The zero-order valence-electron chi connectivity index (χ0n) is 14.7. The van der Waals surface area contributed by atoms with Crippen LogP contribution in [0.2, 0.25) is 0 Å². The summed E-state index contributed by atoms with van der Waals surface area (Å²) in [4.78, 5) is 28.2. The molecule has 6 nitrogen and oxygen atoms in total. The molecule has 0 spiro atoms. The third kappa shape index (κ3) is 3.49. The van der Waals surface area contributed by atoms with Gasteiger partial charge in [0, 0.05) is 50.0 Å². The van der Waals surface area contributed by atoms with Crippen molar-refractivity contribution in [2.45, 2.75) is 38.6 Å². The molecule has 1 aromatic carbocycles. The van der Waals surface area contributed by atoms with Gasteiger partial charge in [0.05, 0.1) is 6.61 Å². The lowest BCUT2D eigenvalue weighted by molar-refractivity contribution is -0.116. The van der Waals surface area contributed by atoms with Crippen LogP contribution in [-0.2, 0) is 16.0 Å². The quantitative estimate of drug-likeness (QED) is 0.914. The lowest BCUT2D eigenvalue weighted by Crippen LogP contribution is -2.40. The number of benzene rings is 1. The molecule has 2 fully saturated rings. The topological polar surface area (TPSA) is 61.9 Å². The summed E-state index contributed by atoms with van der Waals surface area (Å²) in [7, 11) is 0. The fourth-order valence-corrected chi connectivity index (χ4v) is 3.79. The third-order valence-corrected chi connectivity index (χ3v) is 5.33. The molecule has 4 rings (SSSR count). The van der Waals surface area contributed by atoms with E-state index in [1.54, 1.807) is 11.8 Å². The fourth-order valence-electron chi connectivity index (χ4n) is 3.79. The molecule has 0 radical (unpaired) electrons. The maximum Gasteiger partial charge on any atom is 0.322 e. The number of carbonyl (C=O) groups is 2. The molecule has 25 heavy (non-hydrogen) atoms. The molecule has 6 heteroatoms. The second-order valence-electron chi connectivity index (χ2n) is 7.31. The number of nitrogens with one attached hydrogen (secondary N) is 1. The van der Waals surface area contributed by atoms with Crippen molar-refractivity contribution in [1.29, 1.82) is 0 Å². The van der Waals surface area contributed by atoms with E-state index < -0.39 is 0 Å². The Morgan fingerprint density at radius 2 is 2.16 bits per heavy atom. The lowest BCUT2D eigenvalue weighted by Gasteiger charge is -2.25. The van der Waals surface area contributed by atoms with Crippen LogP contribution in [0.25, 0.3) is 0 Å². The van der Waals surface area contributed by atoms with Crippen molar-refractivity contribution >= 4 is 23.3 Å². The van der Waals surface area contributed by atoms with Crippen LogP contribution in [0.5, 0.6) is 0 Å². The Bertz CT molecular complexity index is 680. The van der Waals surface area contributed by atoms with E-state index in [1.165, 1.54) is 0 Å². The first-order chi connectivity index (χ1) is 12.1. The molecule has 3 aliphatic rings. The van der Waals surface area contributed by atoms with Crippen LogP contribution in [0.1, 0.15) is 31.7 Å². The molecule has 1 atom stereocenters. The maximum absolute atomic E-state index is 12.8. The van der Waals surface area contributed by atoms with Crippen LogP contribution >= 0.6 is 0 Å². The number of amides is 3. The molecule has 1 N–H and O–H groups in total. The van der Waals surface area contributed by atoms with Crippen molar-refractivity contribution in [3.8, 4) is 0 Å². The van der Waals surface area contributed by atoms with E-state index in [0.29, 0.717) is 12.0 Å². The van der Waals surface area contributed by atoms with E-state index in [1.807, 2.05) is 23.1 Å². The smallest absolute Gasteiger partial charge is 0.322 e. The molecule has 2 heterocycles. The van der Waals surface area contributed by atoms with Gasteiger partial charge >= 0.3 is 6.03 Å². The average molecular weight is 343 g/mol. The van der Waals surface area contributed by atoms with E-state index in [0.717, 1.165) is 68.9 Å². The van der Waals surface area contributed by atoms with E-state index >= 15 is 0 Å². The molecule has 0 bridgehead atoms.